The van der Waals surface area contributed by atoms with Crippen LogP contribution in [0.25, 0.3) is 0 Å². The van der Waals surface area contributed by atoms with Crippen molar-refractivity contribution in [2.75, 3.05) is 13.7 Å². The van der Waals surface area contributed by atoms with Crippen LogP contribution in [0.5, 0.6) is 5.75 Å². The minimum absolute atomic E-state index is 0.316. The summed E-state index contributed by atoms with van der Waals surface area (Å²) in [7, 11) is 1.38. The van der Waals surface area contributed by atoms with Gasteiger partial charge in [0.2, 0.25) is 0 Å². The van der Waals surface area contributed by atoms with Crippen molar-refractivity contribution in [1.82, 2.24) is 4.90 Å². The minimum Gasteiger partial charge on any atom is -0.508 e. The van der Waals surface area contributed by atoms with E-state index in [0.717, 1.165) is 11.1 Å². The van der Waals surface area contributed by atoms with E-state index in [-0.39, 0.29) is 6.09 Å². The Morgan fingerprint density at radius 2 is 2.33 bits per heavy atom. The third kappa shape index (κ3) is 1.75. The molecule has 4 heteroatoms. The van der Waals surface area contributed by atoms with Gasteiger partial charge in [0, 0.05) is 18.7 Å². The Hall–Kier alpha value is -1.71. The number of carbonyl (C=O) groups is 1. The maximum atomic E-state index is 11.3. The van der Waals surface area contributed by atoms with Crippen LogP contribution in [0.1, 0.15) is 11.1 Å². The lowest BCUT2D eigenvalue weighted by Crippen LogP contribution is -2.35. The van der Waals surface area contributed by atoms with Crippen molar-refractivity contribution in [3.63, 3.8) is 0 Å². The molecule has 1 aliphatic rings. The Kier molecular flexibility index (Phi) is 2.49. The van der Waals surface area contributed by atoms with Crippen LogP contribution in [0, 0.1) is 0 Å². The van der Waals surface area contributed by atoms with Gasteiger partial charge in [-0.1, -0.05) is 12.1 Å². The predicted molar refractivity (Wildman–Crippen MR) is 54.6 cm³/mol. The fourth-order valence-electron chi connectivity index (χ4n) is 1.87. The monoisotopic (exact) mass is 207 g/mol. The molecule has 0 unspecified atom stereocenters. The standard InChI is InChI=1S/C11H13NO3/c1-15-11(14)12-6-5-9-8(7-12)3-2-4-10(9)13/h2-4,13H,5-7H2,1H3. The Morgan fingerprint density at radius 3 is 3.07 bits per heavy atom. The Balaban J connectivity index is 2.24. The van der Waals surface area contributed by atoms with E-state index in [2.05, 4.69) is 4.74 Å². The van der Waals surface area contributed by atoms with Gasteiger partial charge in [0.25, 0.3) is 0 Å². The molecule has 4 nitrogen and oxygen atoms in total. The average molecular weight is 207 g/mol. The molecular formula is C11H13NO3. The largest absolute Gasteiger partial charge is 0.508 e. The van der Waals surface area contributed by atoms with E-state index in [4.69, 9.17) is 0 Å². The molecule has 0 aromatic heterocycles. The normalized spacial score (nSPS) is 14.6. The SMILES string of the molecule is COC(=O)N1CCc2c(O)cccc2C1. The van der Waals surface area contributed by atoms with Crippen molar-refractivity contribution in [2.24, 2.45) is 0 Å². The number of benzene rings is 1. The number of hydrogen-bond donors (Lipinski definition) is 1. The third-order valence-corrected chi connectivity index (χ3v) is 2.67. The van der Waals surface area contributed by atoms with Gasteiger partial charge < -0.3 is 14.7 Å². The Labute approximate surface area is 88.1 Å². The van der Waals surface area contributed by atoms with Crippen LogP contribution in [0.2, 0.25) is 0 Å². The molecule has 0 saturated heterocycles. The van der Waals surface area contributed by atoms with Gasteiger partial charge in [0.15, 0.2) is 0 Å². The van der Waals surface area contributed by atoms with Gasteiger partial charge in [-0.3, -0.25) is 0 Å². The average Bonchev–Trinajstić information content (AvgIpc) is 2.28. The Bertz CT molecular complexity index is 389. The molecule has 80 valence electrons. The fraction of sp³-hybridized carbons (Fsp3) is 0.364. The summed E-state index contributed by atoms with van der Waals surface area (Å²) in [5.74, 6) is 0.317. The van der Waals surface area contributed by atoms with Gasteiger partial charge in [-0.05, 0) is 18.1 Å². The molecular weight excluding hydrogens is 194 g/mol. The van der Waals surface area contributed by atoms with E-state index < -0.39 is 0 Å². The number of nitrogens with zero attached hydrogens (tertiary/aromatic N) is 1. The van der Waals surface area contributed by atoms with Gasteiger partial charge in [-0.2, -0.15) is 0 Å². The zero-order valence-corrected chi connectivity index (χ0v) is 8.56. The highest BCUT2D eigenvalue weighted by Crippen LogP contribution is 2.26. The zero-order valence-electron chi connectivity index (χ0n) is 8.56. The number of hydrogen-bond acceptors (Lipinski definition) is 3. The molecule has 1 N–H and O–H groups in total. The van der Waals surface area contributed by atoms with Crippen molar-refractivity contribution in [1.29, 1.82) is 0 Å². The van der Waals surface area contributed by atoms with E-state index in [1.54, 1.807) is 17.0 Å². The van der Waals surface area contributed by atoms with Crippen LogP contribution >= 0.6 is 0 Å². The summed E-state index contributed by atoms with van der Waals surface area (Å²) in [6.45, 7) is 1.10. The van der Waals surface area contributed by atoms with E-state index in [1.807, 2.05) is 6.07 Å². The highest BCUT2D eigenvalue weighted by molar-refractivity contribution is 5.68. The molecule has 0 spiro atoms. The van der Waals surface area contributed by atoms with Gasteiger partial charge in [-0.15, -0.1) is 0 Å². The van der Waals surface area contributed by atoms with Crippen LogP contribution < -0.4 is 0 Å². The van der Waals surface area contributed by atoms with E-state index in [1.165, 1.54) is 7.11 Å². The lowest BCUT2D eigenvalue weighted by atomic mass is 9.99. The first kappa shape index (κ1) is 9.83. The fourth-order valence-corrected chi connectivity index (χ4v) is 1.87. The van der Waals surface area contributed by atoms with E-state index in [9.17, 15) is 9.90 Å². The number of phenolic OH excluding ortho intramolecular Hbond substituents is 1. The van der Waals surface area contributed by atoms with Crippen LogP contribution in [0.3, 0.4) is 0 Å². The molecule has 0 aliphatic carbocycles. The predicted octanol–water partition coefficient (Wildman–Crippen LogP) is 1.52. The van der Waals surface area contributed by atoms with Crippen molar-refractivity contribution in [3.05, 3.63) is 29.3 Å². The molecule has 0 radical (unpaired) electrons. The molecule has 1 aromatic rings. The molecule has 0 fully saturated rings. The second-order valence-electron chi connectivity index (χ2n) is 3.56. The molecule has 0 saturated carbocycles. The first-order valence-corrected chi connectivity index (χ1v) is 4.85. The van der Waals surface area contributed by atoms with Crippen LogP contribution in [0.4, 0.5) is 4.79 Å². The Morgan fingerprint density at radius 1 is 1.53 bits per heavy atom. The van der Waals surface area contributed by atoms with E-state index >= 15 is 0 Å². The summed E-state index contributed by atoms with van der Waals surface area (Å²) < 4.78 is 4.66. The van der Waals surface area contributed by atoms with Crippen LogP contribution in [-0.2, 0) is 17.7 Å². The first-order chi connectivity index (χ1) is 7.22. The van der Waals surface area contributed by atoms with Gasteiger partial charge in [0.05, 0.1) is 7.11 Å². The highest BCUT2D eigenvalue weighted by atomic mass is 16.5. The summed E-state index contributed by atoms with van der Waals surface area (Å²) in [6.07, 6.45) is 0.362. The molecule has 1 heterocycles. The summed E-state index contributed by atoms with van der Waals surface area (Å²) in [4.78, 5) is 12.9. The zero-order chi connectivity index (χ0) is 10.8. The summed E-state index contributed by atoms with van der Waals surface area (Å²) >= 11 is 0. The topological polar surface area (TPSA) is 49.8 Å². The number of fused-ring (bicyclic) bond motifs is 1. The first-order valence-electron chi connectivity index (χ1n) is 4.85. The summed E-state index contributed by atoms with van der Waals surface area (Å²) in [5.41, 5.74) is 1.93. The number of carbonyl (C=O) groups excluding carboxylic acids is 1. The van der Waals surface area contributed by atoms with Crippen molar-refractivity contribution < 1.29 is 14.6 Å². The number of methoxy groups -OCH3 is 1. The molecule has 0 bridgehead atoms. The molecule has 1 aromatic carbocycles. The van der Waals surface area contributed by atoms with Gasteiger partial charge in [-0.25, -0.2) is 4.79 Å². The summed E-state index contributed by atoms with van der Waals surface area (Å²) in [6, 6.07) is 5.38. The molecule has 2 rings (SSSR count). The van der Waals surface area contributed by atoms with Crippen molar-refractivity contribution in [3.8, 4) is 5.75 Å². The summed E-state index contributed by atoms with van der Waals surface area (Å²) in [5, 5.41) is 9.60. The maximum absolute atomic E-state index is 11.3. The number of phenols is 1. The molecule has 0 atom stereocenters. The molecule has 1 aliphatic heterocycles. The lowest BCUT2D eigenvalue weighted by molar-refractivity contribution is 0.118. The number of amides is 1. The second kappa shape index (κ2) is 3.81. The smallest absolute Gasteiger partial charge is 0.409 e. The molecule has 1 amide bonds. The second-order valence-corrected chi connectivity index (χ2v) is 3.56. The van der Waals surface area contributed by atoms with E-state index in [0.29, 0.717) is 25.3 Å². The minimum atomic E-state index is -0.316. The van der Waals surface area contributed by atoms with Gasteiger partial charge >= 0.3 is 6.09 Å². The number of ether oxygens (including phenoxy) is 1. The highest BCUT2D eigenvalue weighted by Gasteiger charge is 2.22. The number of rotatable bonds is 0. The van der Waals surface area contributed by atoms with Crippen molar-refractivity contribution in [2.45, 2.75) is 13.0 Å². The molecule has 15 heavy (non-hydrogen) atoms. The van der Waals surface area contributed by atoms with Gasteiger partial charge in [0.1, 0.15) is 5.75 Å². The van der Waals surface area contributed by atoms with Crippen LogP contribution in [0.15, 0.2) is 18.2 Å². The third-order valence-electron chi connectivity index (χ3n) is 2.67. The van der Waals surface area contributed by atoms with Crippen LogP contribution in [-0.4, -0.2) is 29.8 Å². The lowest BCUT2D eigenvalue weighted by Gasteiger charge is -2.27. The number of aromatic hydroxyl groups is 1. The quantitative estimate of drug-likeness (QED) is 0.701. The maximum Gasteiger partial charge on any atom is 0.409 e. The van der Waals surface area contributed by atoms with Crippen molar-refractivity contribution >= 4 is 6.09 Å².